The molecule has 0 radical (unpaired) electrons. The minimum Gasteiger partial charge on any atom is -0.353 e. The van der Waals surface area contributed by atoms with E-state index in [-0.39, 0.29) is 28.4 Å². The summed E-state index contributed by atoms with van der Waals surface area (Å²) in [5.41, 5.74) is 5.47. The van der Waals surface area contributed by atoms with Gasteiger partial charge in [0.15, 0.2) is 0 Å². The van der Waals surface area contributed by atoms with Gasteiger partial charge in [0, 0.05) is 28.2 Å². The summed E-state index contributed by atoms with van der Waals surface area (Å²) in [6.45, 7) is 7.56. The second kappa shape index (κ2) is 12.0. The van der Waals surface area contributed by atoms with Crippen molar-refractivity contribution in [2.75, 3.05) is 16.4 Å². The number of aryl methyl sites for hydroxylation is 3. The molecule has 8 heteroatoms. The quantitative estimate of drug-likeness (QED) is 0.320. The molecule has 0 spiro atoms. The van der Waals surface area contributed by atoms with E-state index < -0.39 is 17.6 Å². The molecule has 1 atom stereocenters. The van der Waals surface area contributed by atoms with Crippen molar-refractivity contribution in [2.45, 2.75) is 33.6 Å². The summed E-state index contributed by atoms with van der Waals surface area (Å²) in [7, 11) is 0. The van der Waals surface area contributed by atoms with Gasteiger partial charge < -0.3 is 16.0 Å². The average molecular weight is 541 g/mol. The molecule has 39 heavy (non-hydrogen) atoms. The molecule has 0 aliphatic carbocycles. The molecule has 0 aromatic heterocycles. The SMILES string of the molecule is CC1=C(C(=O)Nc2ccccc2C)C(c2ccccc2F)C(C#N)=C(SCC(=O)Nc2ccc(C)c(C)c2)N1. The highest BCUT2D eigenvalue weighted by Gasteiger charge is 2.36. The molecule has 0 fully saturated rings. The van der Waals surface area contributed by atoms with E-state index in [0.29, 0.717) is 22.1 Å². The Balaban J connectivity index is 1.64. The highest BCUT2D eigenvalue weighted by atomic mass is 32.2. The number of nitrogens with zero attached hydrogens (tertiary/aromatic N) is 1. The van der Waals surface area contributed by atoms with Crippen molar-refractivity contribution >= 4 is 35.0 Å². The molecule has 6 nitrogen and oxygen atoms in total. The van der Waals surface area contributed by atoms with Crippen LogP contribution in [-0.2, 0) is 9.59 Å². The van der Waals surface area contributed by atoms with Gasteiger partial charge in [-0.25, -0.2) is 4.39 Å². The number of dihydropyridines is 1. The van der Waals surface area contributed by atoms with E-state index in [1.807, 2.05) is 57.2 Å². The summed E-state index contributed by atoms with van der Waals surface area (Å²) in [5.74, 6) is -2.15. The molecule has 1 heterocycles. The summed E-state index contributed by atoms with van der Waals surface area (Å²) in [5, 5.41) is 19.6. The Labute approximate surface area is 232 Å². The number of nitriles is 1. The number of hydrogen-bond acceptors (Lipinski definition) is 5. The van der Waals surface area contributed by atoms with Crippen LogP contribution in [0.25, 0.3) is 0 Å². The van der Waals surface area contributed by atoms with Gasteiger partial charge in [-0.2, -0.15) is 5.26 Å². The normalized spacial score (nSPS) is 14.9. The van der Waals surface area contributed by atoms with E-state index in [0.717, 1.165) is 28.5 Å². The predicted octanol–water partition coefficient (Wildman–Crippen LogP) is 6.46. The van der Waals surface area contributed by atoms with Gasteiger partial charge in [0.05, 0.1) is 28.3 Å². The number of allylic oxidation sites excluding steroid dienone is 2. The lowest BCUT2D eigenvalue weighted by Crippen LogP contribution is -2.31. The molecule has 0 saturated carbocycles. The third-order valence-corrected chi connectivity index (χ3v) is 7.66. The molecule has 0 saturated heterocycles. The lowest BCUT2D eigenvalue weighted by Gasteiger charge is -2.30. The monoisotopic (exact) mass is 540 g/mol. The van der Waals surface area contributed by atoms with Gasteiger partial charge in [-0.05, 0) is 68.7 Å². The maximum Gasteiger partial charge on any atom is 0.254 e. The molecule has 1 unspecified atom stereocenters. The number of nitrogens with one attached hydrogen (secondary N) is 3. The molecule has 2 amide bonds. The van der Waals surface area contributed by atoms with Crippen LogP contribution in [-0.4, -0.2) is 17.6 Å². The fourth-order valence-corrected chi connectivity index (χ4v) is 5.30. The Morgan fingerprint density at radius 2 is 1.67 bits per heavy atom. The lowest BCUT2D eigenvalue weighted by molar-refractivity contribution is -0.114. The van der Waals surface area contributed by atoms with Crippen LogP contribution >= 0.6 is 11.8 Å². The Hall–Kier alpha value is -4.35. The second-order valence-corrected chi connectivity index (χ2v) is 10.4. The van der Waals surface area contributed by atoms with Crippen molar-refractivity contribution < 1.29 is 14.0 Å². The fourth-order valence-electron chi connectivity index (χ4n) is 4.40. The summed E-state index contributed by atoms with van der Waals surface area (Å²) < 4.78 is 15.1. The van der Waals surface area contributed by atoms with Crippen molar-refractivity contribution in [1.82, 2.24) is 5.32 Å². The second-order valence-electron chi connectivity index (χ2n) is 9.38. The van der Waals surface area contributed by atoms with Gasteiger partial charge in [-0.15, -0.1) is 0 Å². The molecular formula is C31H29FN4O2S. The van der Waals surface area contributed by atoms with Gasteiger partial charge in [-0.1, -0.05) is 54.2 Å². The van der Waals surface area contributed by atoms with Crippen molar-refractivity contribution in [3.8, 4) is 6.07 Å². The van der Waals surface area contributed by atoms with Gasteiger partial charge >= 0.3 is 0 Å². The maximum absolute atomic E-state index is 15.1. The number of anilines is 2. The van der Waals surface area contributed by atoms with Crippen LogP contribution in [0.15, 0.2) is 88.6 Å². The number of carbonyl (C=O) groups excluding carboxylic acids is 2. The van der Waals surface area contributed by atoms with Gasteiger partial charge in [0.25, 0.3) is 5.91 Å². The number of rotatable bonds is 7. The van der Waals surface area contributed by atoms with Gasteiger partial charge in [0.1, 0.15) is 5.82 Å². The molecular weight excluding hydrogens is 511 g/mol. The predicted molar refractivity (Wildman–Crippen MR) is 154 cm³/mol. The van der Waals surface area contributed by atoms with E-state index in [1.165, 1.54) is 6.07 Å². The minimum absolute atomic E-state index is 0.0163. The van der Waals surface area contributed by atoms with Crippen LogP contribution in [0.3, 0.4) is 0 Å². The number of amides is 2. The zero-order valence-electron chi connectivity index (χ0n) is 22.2. The first kappa shape index (κ1) is 27.7. The molecule has 0 bridgehead atoms. The third kappa shape index (κ3) is 6.21. The third-order valence-electron chi connectivity index (χ3n) is 6.64. The van der Waals surface area contributed by atoms with Crippen LogP contribution in [0, 0.1) is 37.9 Å². The Morgan fingerprint density at radius 1 is 0.949 bits per heavy atom. The number of hydrogen-bond donors (Lipinski definition) is 3. The zero-order valence-corrected chi connectivity index (χ0v) is 23.0. The molecule has 4 rings (SSSR count). The molecule has 3 N–H and O–H groups in total. The van der Waals surface area contributed by atoms with Crippen LogP contribution < -0.4 is 16.0 Å². The summed E-state index contributed by atoms with van der Waals surface area (Å²) >= 11 is 1.14. The Bertz CT molecular complexity index is 1550. The number of para-hydroxylation sites is 1. The molecule has 3 aromatic rings. The van der Waals surface area contributed by atoms with E-state index in [2.05, 4.69) is 22.0 Å². The first-order valence-electron chi connectivity index (χ1n) is 12.4. The zero-order chi connectivity index (χ0) is 28.1. The molecule has 1 aliphatic heterocycles. The van der Waals surface area contributed by atoms with Crippen LogP contribution in [0.2, 0.25) is 0 Å². The molecule has 198 valence electrons. The Kier molecular flexibility index (Phi) is 8.52. The van der Waals surface area contributed by atoms with Crippen molar-refractivity contribution in [3.63, 3.8) is 0 Å². The highest BCUT2D eigenvalue weighted by Crippen LogP contribution is 2.42. The number of benzene rings is 3. The fraction of sp³-hybridized carbons (Fsp3) is 0.194. The van der Waals surface area contributed by atoms with Crippen molar-refractivity contribution in [2.24, 2.45) is 0 Å². The van der Waals surface area contributed by atoms with E-state index in [1.54, 1.807) is 31.2 Å². The first-order chi connectivity index (χ1) is 18.7. The van der Waals surface area contributed by atoms with Crippen LogP contribution in [0.1, 0.15) is 35.1 Å². The average Bonchev–Trinajstić information content (AvgIpc) is 2.90. The van der Waals surface area contributed by atoms with Gasteiger partial charge in [0.2, 0.25) is 5.91 Å². The minimum atomic E-state index is -0.952. The van der Waals surface area contributed by atoms with Crippen molar-refractivity contribution in [1.29, 1.82) is 5.26 Å². The van der Waals surface area contributed by atoms with E-state index >= 15 is 4.39 Å². The van der Waals surface area contributed by atoms with Crippen LogP contribution in [0.4, 0.5) is 15.8 Å². The topological polar surface area (TPSA) is 94.0 Å². The smallest absolute Gasteiger partial charge is 0.254 e. The maximum atomic E-state index is 15.1. The first-order valence-corrected chi connectivity index (χ1v) is 13.4. The lowest BCUT2D eigenvalue weighted by atomic mass is 9.82. The standard InChI is InChI=1S/C31H29FN4O2S/c1-18-13-14-22(15-20(18)3)35-27(37)17-39-31-24(16-33)29(23-10-6-7-11-25(23)32)28(21(4)34-31)30(38)36-26-12-8-5-9-19(26)2/h5-15,29,34H,17H2,1-4H3,(H,35,37)(H,36,38). The van der Waals surface area contributed by atoms with Crippen LogP contribution in [0.5, 0.6) is 0 Å². The van der Waals surface area contributed by atoms with E-state index in [9.17, 15) is 14.9 Å². The summed E-state index contributed by atoms with van der Waals surface area (Å²) in [6.07, 6.45) is 0. The van der Waals surface area contributed by atoms with Crippen molar-refractivity contribution in [3.05, 3.63) is 117 Å². The number of thioether (sulfide) groups is 1. The van der Waals surface area contributed by atoms with E-state index in [4.69, 9.17) is 0 Å². The summed E-state index contributed by atoms with van der Waals surface area (Å²) in [4.78, 5) is 26.3. The summed E-state index contributed by atoms with van der Waals surface area (Å²) in [6, 6.07) is 21.3. The number of carbonyl (C=O) groups is 2. The Morgan fingerprint density at radius 3 is 2.36 bits per heavy atom. The molecule has 3 aromatic carbocycles. The highest BCUT2D eigenvalue weighted by molar-refractivity contribution is 8.03. The van der Waals surface area contributed by atoms with Gasteiger partial charge in [-0.3, -0.25) is 9.59 Å². The molecule has 1 aliphatic rings. The largest absolute Gasteiger partial charge is 0.353 e. The number of halogens is 1.